The molecule has 0 saturated carbocycles. The molecule has 0 atom stereocenters. The molecule has 6 heteroatoms. The molecule has 0 unspecified atom stereocenters. The normalized spacial score (nSPS) is 10.6. The molecule has 0 aliphatic carbocycles. The molecule has 28 heavy (non-hydrogen) atoms. The summed E-state index contributed by atoms with van der Waals surface area (Å²) in [6.07, 6.45) is 3.40. The summed E-state index contributed by atoms with van der Waals surface area (Å²) in [6.45, 7) is 4.17. The van der Waals surface area contributed by atoms with E-state index in [0.29, 0.717) is 36.2 Å². The van der Waals surface area contributed by atoms with Gasteiger partial charge in [-0.05, 0) is 35.7 Å². The molecule has 1 N–H and O–H groups in total. The van der Waals surface area contributed by atoms with Crippen LogP contribution in [0.1, 0.15) is 37.3 Å². The van der Waals surface area contributed by atoms with Crippen molar-refractivity contribution in [3.63, 3.8) is 0 Å². The number of nitrogens with one attached hydrogen (secondary N) is 1. The SMILES string of the molecule is CCCCCOc1ccc(CNCc2cc(OC)c(OC)cc2Cl)cc1OC. The first kappa shape index (κ1) is 22.2. The third-order valence-corrected chi connectivity index (χ3v) is 4.78. The topological polar surface area (TPSA) is 49.0 Å². The molecule has 0 heterocycles. The van der Waals surface area contributed by atoms with Crippen LogP contribution in [-0.4, -0.2) is 27.9 Å². The minimum atomic E-state index is 0.608. The van der Waals surface area contributed by atoms with Gasteiger partial charge in [0, 0.05) is 24.2 Å². The average Bonchev–Trinajstić information content (AvgIpc) is 2.72. The summed E-state index contributed by atoms with van der Waals surface area (Å²) in [7, 11) is 4.87. The first-order chi connectivity index (χ1) is 13.6. The van der Waals surface area contributed by atoms with Crippen molar-refractivity contribution in [1.29, 1.82) is 0 Å². The van der Waals surface area contributed by atoms with Crippen molar-refractivity contribution < 1.29 is 18.9 Å². The highest BCUT2D eigenvalue weighted by atomic mass is 35.5. The molecular weight excluding hydrogens is 378 g/mol. The van der Waals surface area contributed by atoms with Crippen molar-refractivity contribution in [2.24, 2.45) is 0 Å². The van der Waals surface area contributed by atoms with Gasteiger partial charge in [0.05, 0.1) is 27.9 Å². The molecule has 154 valence electrons. The van der Waals surface area contributed by atoms with Crippen LogP contribution in [0.2, 0.25) is 5.02 Å². The van der Waals surface area contributed by atoms with Crippen LogP contribution in [0.4, 0.5) is 0 Å². The van der Waals surface area contributed by atoms with Crippen LogP contribution in [0.25, 0.3) is 0 Å². The van der Waals surface area contributed by atoms with Crippen LogP contribution < -0.4 is 24.3 Å². The third kappa shape index (κ3) is 6.21. The molecule has 2 rings (SSSR count). The fourth-order valence-corrected chi connectivity index (χ4v) is 3.07. The maximum Gasteiger partial charge on any atom is 0.162 e. The van der Waals surface area contributed by atoms with E-state index >= 15 is 0 Å². The molecule has 0 bridgehead atoms. The van der Waals surface area contributed by atoms with Crippen molar-refractivity contribution in [2.75, 3.05) is 27.9 Å². The Morgan fingerprint density at radius 1 is 0.821 bits per heavy atom. The number of benzene rings is 2. The zero-order chi connectivity index (χ0) is 20.4. The molecule has 2 aromatic rings. The smallest absolute Gasteiger partial charge is 0.162 e. The minimum absolute atomic E-state index is 0.608. The van der Waals surface area contributed by atoms with Crippen molar-refractivity contribution in [1.82, 2.24) is 5.32 Å². The van der Waals surface area contributed by atoms with Gasteiger partial charge in [-0.2, -0.15) is 0 Å². The molecule has 0 aliphatic rings. The summed E-state index contributed by atoms with van der Waals surface area (Å²) >= 11 is 6.35. The highest BCUT2D eigenvalue weighted by Gasteiger charge is 2.10. The maximum atomic E-state index is 6.35. The van der Waals surface area contributed by atoms with Gasteiger partial charge in [-0.1, -0.05) is 37.4 Å². The molecular formula is C22H30ClNO4. The number of hydrogen-bond donors (Lipinski definition) is 1. The number of methoxy groups -OCH3 is 3. The Morgan fingerprint density at radius 2 is 1.50 bits per heavy atom. The van der Waals surface area contributed by atoms with Crippen LogP contribution in [0.15, 0.2) is 30.3 Å². The molecule has 0 fully saturated rings. The lowest BCUT2D eigenvalue weighted by Gasteiger charge is -2.14. The number of hydrogen-bond acceptors (Lipinski definition) is 5. The molecule has 0 amide bonds. The lowest BCUT2D eigenvalue weighted by molar-refractivity contribution is 0.286. The quantitative estimate of drug-likeness (QED) is 0.488. The Kier molecular flexibility index (Phi) is 9.24. The molecule has 2 aromatic carbocycles. The van der Waals surface area contributed by atoms with Gasteiger partial charge < -0.3 is 24.3 Å². The van der Waals surface area contributed by atoms with E-state index in [0.717, 1.165) is 29.0 Å². The summed E-state index contributed by atoms with van der Waals surface area (Å²) < 4.78 is 21.9. The molecule has 0 aromatic heterocycles. The van der Waals surface area contributed by atoms with Gasteiger partial charge in [0.25, 0.3) is 0 Å². The fraction of sp³-hybridized carbons (Fsp3) is 0.455. The Morgan fingerprint density at radius 3 is 2.18 bits per heavy atom. The third-order valence-electron chi connectivity index (χ3n) is 4.43. The van der Waals surface area contributed by atoms with E-state index in [9.17, 15) is 0 Å². The van der Waals surface area contributed by atoms with Crippen molar-refractivity contribution >= 4 is 11.6 Å². The number of ether oxygens (including phenoxy) is 4. The van der Waals surface area contributed by atoms with Crippen LogP contribution in [-0.2, 0) is 13.1 Å². The number of unbranched alkanes of at least 4 members (excludes halogenated alkanes) is 2. The summed E-state index contributed by atoms with van der Waals surface area (Å²) in [5.41, 5.74) is 2.05. The van der Waals surface area contributed by atoms with Gasteiger partial charge in [0.15, 0.2) is 23.0 Å². The van der Waals surface area contributed by atoms with E-state index in [-0.39, 0.29) is 0 Å². The Balaban J connectivity index is 1.95. The van der Waals surface area contributed by atoms with Gasteiger partial charge >= 0.3 is 0 Å². The van der Waals surface area contributed by atoms with E-state index in [1.165, 1.54) is 12.8 Å². The highest BCUT2D eigenvalue weighted by molar-refractivity contribution is 6.31. The fourth-order valence-electron chi connectivity index (χ4n) is 2.85. The summed E-state index contributed by atoms with van der Waals surface area (Å²) in [5.74, 6) is 2.82. The first-order valence-electron chi connectivity index (χ1n) is 9.53. The number of halogens is 1. The average molecular weight is 408 g/mol. The zero-order valence-electron chi connectivity index (χ0n) is 17.1. The monoisotopic (exact) mass is 407 g/mol. The predicted octanol–water partition coefficient (Wildman–Crippen LogP) is 5.22. The maximum absolute atomic E-state index is 6.35. The second kappa shape index (κ2) is 11.7. The van der Waals surface area contributed by atoms with Crippen LogP contribution in [0, 0.1) is 0 Å². The highest BCUT2D eigenvalue weighted by Crippen LogP contribution is 2.33. The van der Waals surface area contributed by atoms with Crippen LogP contribution in [0.5, 0.6) is 23.0 Å². The molecule has 0 spiro atoms. The second-order valence-electron chi connectivity index (χ2n) is 6.44. The van der Waals surface area contributed by atoms with E-state index in [4.69, 9.17) is 30.5 Å². The predicted molar refractivity (Wildman–Crippen MR) is 113 cm³/mol. The molecule has 0 saturated heterocycles. The van der Waals surface area contributed by atoms with Gasteiger partial charge in [0.2, 0.25) is 0 Å². The summed E-state index contributed by atoms with van der Waals surface area (Å²) in [6, 6.07) is 9.66. The van der Waals surface area contributed by atoms with Crippen molar-refractivity contribution in [2.45, 2.75) is 39.3 Å². The molecule has 0 radical (unpaired) electrons. The van der Waals surface area contributed by atoms with E-state index in [1.807, 2.05) is 24.3 Å². The van der Waals surface area contributed by atoms with E-state index < -0.39 is 0 Å². The van der Waals surface area contributed by atoms with Crippen LogP contribution in [0.3, 0.4) is 0 Å². The summed E-state index contributed by atoms with van der Waals surface area (Å²) in [4.78, 5) is 0. The minimum Gasteiger partial charge on any atom is -0.493 e. The van der Waals surface area contributed by atoms with Gasteiger partial charge in [0.1, 0.15) is 0 Å². The second-order valence-corrected chi connectivity index (χ2v) is 6.85. The Bertz CT molecular complexity index is 752. The van der Waals surface area contributed by atoms with E-state index in [2.05, 4.69) is 12.2 Å². The summed E-state index contributed by atoms with van der Waals surface area (Å²) in [5, 5.41) is 4.04. The van der Waals surface area contributed by atoms with Crippen molar-refractivity contribution in [3.05, 3.63) is 46.5 Å². The van der Waals surface area contributed by atoms with Crippen LogP contribution >= 0.6 is 11.6 Å². The van der Waals surface area contributed by atoms with E-state index in [1.54, 1.807) is 27.4 Å². The first-order valence-corrected chi connectivity index (χ1v) is 9.91. The standard InChI is InChI=1S/C22H30ClNO4/c1-5-6-7-10-28-19-9-8-16(11-20(19)25-2)14-24-15-17-12-21(26-3)22(27-4)13-18(17)23/h8-9,11-13,24H,5-7,10,14-15H2,1-4H3. The van der Waals surface area contributed by atoms with Gasteiger partial charge in [-0.25, -0.2) is 0 Å². The molecule has 5 nitrogen and oxygen atoms in total. The Labute approximate surface area is 172 Å². The lowest BCUT2D eigenvalue weighted by Crippen LogP contribution is -2.13. The largest absolute Gasteiger partial charge is 0.493 e. The number of rotatable bonds is 12. The van der Waals surface area contributed by atoms with Gasteiger partial charge in [-0.3, -0.25) is 0 Å². The lowest BCUT2D eigenvalue weighted by atomic mass is 10.1. The Hall–Kier alpha value is -2.11. The van der Waals surface area contributed by atoms with Gasteiger partial charge in [-0.15, -0.1) is 0 Å². The van der Waals surface area contributed by atoms with Crippen molar-refractivity contribution in [3.8, 4) is 23.0 Å². The zero-order valence-corrected chi connectivity index (χ0v) is 17.9. The molecule has 0 aliphatic heterocycles.